The highest BCUT2D eigenvalue weighted by atomic mass is 32.2. The Kier molecular flexibility index (Phi) is 9.82. The second-order valence-electron chi connectivity index (χ2n) is 8.48. The average Bonchev–Trinajstić information content (AvgIpc) is 3.14. The first-order valence-electron chi connectivity index (χ1n) is 12.1. The predicted molar refractivity (Wildman–Crippen MR) is 135 cm³/mol. The van der Waals surface area contributed by atoms with Crippen LogP contribution in [0.25, 0.3) is 0 Å². The SMILES string of the molecule is CCCCC1SC[N+](CCCCCC(=O)OCC)(c2cccc(Oc3ccccc3)c2)C1=O. The Morgan fingerprint density at radius 3 is 2.55 bits per heavy atom. The third-order valence-electron chi connectivity index (χ3n) is 6.03. The standard InChI is InChI=1S/C27H36NO4S/c1-3-5-17-25-27(30)28(21-33-25,19-11-7-10-18-26(29)31-4-2)22-13-12-16-24(20-22)32-23-14-8-6-9-15-23/h6,8-9,12-16,20,25H,3-5,7,10-11,17-19,21H2,1-2H3/q+1. The number of ether oxygens (including phenoxy) is 2. The number of benzene rings is 2. The summed E-state index contributed by atoms with van der Waals surface area (Å²) in [7, 11) is 0. The summed E-state index contributed by atoms with van der Waals surface area (Å²) >= 11 is 1.79. The van der Waals surface area contributed by atoms with Gasteiger partial charge in [-0.3, -0.25) is 4.79 Å². The molecule has 1 amide bonds. The molecule has 0 aliphatic carbocycles. The molecule has 2 aromatic rings. The highest BCUT2D eigenvalue weighted by molar-refractivity contribution is 8.01. The summed E-state index contributed by atoms with van der Waals surface area (Å²) in [6.45, 7) is 5.16. The number of thioether (sulfide) groups is 1. The Morgan fingerprint density at radius 2 is 1.79 bits per heavy atom. The molecule has 1 aliphatic rings. The van der Waals surface area contributed by atoms with Crippen molar-refractivity contribution >= 4 is 29.3 Å². The summed E-state index contributed by atoms with van der Waals surface area (Å²) in [6.07, 6.45) is 6.11. The third kappa shape index (κ3) is 6.84. The summed E-state index contributed by atoms with van der Waals surface area (Å²) in [5.74, 6) is 2.44. The Morgan fingerprint density at radius 1 is 1.00 bits per heavy atom. The van der Waals surface area contributed by atoms with Crippen LogP contribution in [0, 0.1) is 0 Å². The lowest BCUT2D eigenvalue weighted by molar-refractivity contribution is -0.143. The van der Waals surface area contributed by atoms with Crippen LogP contribution >= 0.6 is 11.8 Å². The van der Waals surface area contributed by atoms with Crippen molar-refractivity contribution < 1.29 is 19.1 Å². The Balaban J connectivity index is 1.74. The van der Waals surface area contributed by atoms with Crippen molar-refractivity contribution in [2.75, 3.05) is 19.0 Å². The van der Waals surface area contributed by atoms with Gasteiger partial charge < -0.3 is 9.47 Å². The van der Waals surface area contributed by atoms with Crippen LogP contribution < -0.4 is 9.22 Å². The molecule has 178 valence electrons. The lowest BCUT2D eigenvalue weighted by Crippen LogP contribution is -2.52. The molecule has 1 fully saturated rings. The van der Waals surface area contributed by atoms with Crippen LogP contribution in [0.2, 0.25) is 0 Å². The molecule has 5 nitrogen and oxygen atoms in total. The van der Waals surface area contributed by atoms with E-state index in [-0.39, 0.29) is 11.2 Å². The highest BCUT2D eigenvalue weighted by Crippen LogP contribution is 2.41. The fourth-order valence-corrected chi connectivity index (χ4v) is 5.75. The Hall–Kier alpha value is -2.31. The number of carbonyl (C=O) groups excluding carboxylic acids is 2. The molecule has 0 spiro atoms. The number of rotatable bonds is 13. The van der Waals surface area contributed by atoms with Gasteiger partial charge in [0.05, 0.1) is 13.2 Å². The summed E-state index contributed by atoms with van der Waals surface area (Å²) < 4.78 is 11.4. The maximum Gasteiger partial charge on any atom is 0.332 e. The molecule has 2 aromatic carbocycles. The number of carbonyl (C=O) groups is 2. The first kappa shape index (κ1) is 25.3. The minimum atomic E-state index is -0.139. The maximum absolute atomic E-state index is 13.7. The molecule has 2 unspecified atom stereocenters. The van der Waals surface area contributed by atoms with E-state index in [4.69, 9.17) is 9.47 Å². The smallest absolute Gasteiger partial charge is 0.332 e. The largest absolute Gasteiger partial charge is 0.466 e. The number of amides is 1. The van der Waals surface area contributed by atoms with Crippen LogP contribution in [0.3, 0.4) is 0 Å². The second-order valence-corrected chi connectivity index (χ2v) is 9.65. The van der Waals surface area contributed by atoms with E-state index in [0.29, 0.717) is 23.4 Å². The molecule has 33 heavy (non-hydrogen) atoms. The number of quaternary nitrogens is 1. The molecular formula is C27H36NO4S+. The van der Waals surface area contributed by atoms with E-state index < -0.39 is 0 Å². The molecule has 3 rings (SSSR count). The van der Waals surface area contributed by atoms with Gasteiger partial charge in [0.15, 0.2) is 0 Å². The number of para-hydroxylation sites is 1. The number of unbranched alkanes of at least 4 members (excludes halogenated alkanes) is 3. The van der Waals surface area contributed by atoms with Crippen molar-refractivity contribution in [2.24, 2.45) is 0 Å². The van der Waals surface area contributed by atoms with Crippen LogP contribution in [0.5, 0.6) is 11.5 Å². The van der Waals surface area contributed by atoms with Gasteiger partial charge in [0, 0.05) is 12.5 Å². The fraction of sp³-hybridized carbons (Fsp3) is 0.481. The Bertz CT molecular complexity index is 904. The predicted octanol–water partition coefficient (Wildman–Crippen LogP) is 6.70. The van der Waals surface area contributed by atoms with Gasteiger partial charge in [0.1, 0.15) is 28.3 Å². The number of hydrogen-bond donors (Lipinski definition) is 0. The van der Waals surface area contributed by atoms with Crippen LogP contribution in [0.15, 0.2) is 54.6 Å². The van der Waals surface area contributed by atoms with Crippen molar-refractivity contribution in [3.05, 3.63) is 54.6 Å². The van der Waals surface area contributed by atoms with Gasteiger partial charge in [-0.05, 0) is 56.9 Å². The third-order valence-corrected chi connectivity index (χ3v) is 7.46. The van der Waals surface area contributed by atoms with E-state index in [1.54, 1.807) is 11.8 Å². The van der Waals surface area contributed by atoms with Crippen molar-refractivity contribution in [3.8, 4) is 11.5 Å². The van der Waals surface area contributed by atoms with Crippen molar-refractivity contribution in [1.29, 1.82) is 0 Å². The van der Waals surface area contributed by atoms with Gasteiger partial charge in [-0.25, -0.2) is 9.28 Å². The second kappa shape index (κ2) is 12.8. The van der Waals surface area contributed by atoms with Crippen LogP contribution in [-0.4, -0.2) is 36.2 Å². The van der Waals surface area contributed by atoms with Crippen molar-refractivity contribution in [2.45, 2.75) is 64.0 Å². The molecule has 6 heteroatoms. The first-order valence-corrected chi connectivity index (χ1v) is 13.2. The van der Waals surface area contributed by atoms with E-state index >= 15 is 0 Å². The normalized spacial score (nSPS) is 20.1. The molecular weight excluding hydrogens is 434 g/mol. The van der Waals surface area contributed by atoms with Crippen molar-refractivity contribution in [1.82, 2.24) is 4.48 Å². The van der Waals surface area contributed by atoms with E-state index in [0.717, 1.165) is 68.1 Å². The molecule has 2 atom stereocenters. The topological polar surface area (TPSA) is 52.6 Å². The van der Waals surface area contributed by atoms with E-state index in [1.807, 2.05) is 55.5 Å². The number of esters is 1. The number of nitrogens with zero attached hydrogens (tertiary/aromatic N) is 1. The van der Waals surface area contributed by atoms with E-state index in [9.17, 15) is 9.59 Å². The van der Waals surface area contributed by atoms with Gasteiger partial charge in [0.2, 0.25) is 0 Å². The summed E-state index contributed by atoms with van der Waals surface area (Å²) in [5, 5.41) is 0.0446. The summed E-state index contributed by atoms with van der Waals surface area (Å²) in [4.78, 5) is 25.3. The molecule has 0 bridgehead atoms. The van der Waals surface area contributed by atoms with Gasteiger partial charge >= 0.3 is 11.9 Å². The van der Waals surface area contributed by atoms with Gasteiger partial charge in [-0.2, -0.15) is 0 Å². The monoisotopic (exact) mass is 470 g/mol. The van der Waals surface area contributed by atoms with E-state index in [2.05, 4.69) is 13.0 Å². The van der Waals surface area contributed by atoms with E-state index in [1.165, 1.54) is 0 Å². The Labute approximate surface area is 202 Å². The molecule has 1 aliphatic heterocycles. The lowest BCUT2D eigenvalue weighted by Gasteiger charge is -2.31. The highest BCUT2D eigenvalue weighted by Gasteiger charge is 2.49. The fourth-order valence-electron chi connectivity index (χ4n) is 4.23. The quantitative estimate of drug-likeness (QED) is 0.185. The van der Waals surface area contributed by atoms with Crippen LogP contribution in [0.1, 0.15) is 58.8 Å². The molecule has 0 saturated carbocycles. The number of hydrogen-bond acceptors (Lipinski definition) is 5. The molecule has 0 N–H and O–H groups in total. The van der Waals surface area contributed by atoms with Crippen LogP contribution in [-0.2, 0) is 14.3 Å². The van der Waals surface area contributed by atoms with Crippen molar-refractivity contribution in [3.63, 3.8) is 0 Å². The minimum Gasteiger partial charge on any atom is -0.466 e. The van der Waals surface area contributed by atoms with Crippen LogP contribution in [0.4, 0.5) is 5.69 Å². The summed E-state index contributed by atoms with van der Waals surface area (Å²) in [5.41, 5.74) is 0.991. The van der Waals surface area contributed by atoms with Gasteiger partial charge in [-0.15, -0.1) is 0 Å². The van der Waals surface area contributed by atoms with Gasteiger partial charge in [-0.1, -0.05) is 55.8 Å². The zero-order chi connectivity index (χ0) is 23.5. The molecule has 0 radical (unpaired) electrons. The van der Waals surface area contributed by atoms with Gasteiger partial charge in [0.25, 0.3) is 0 Å². The zero-order valence-electron chi connectivity index (χ0n) is 19.8. The molecule has 0 aromatic heterocycles. The lowest BCUT2D eigenvalue weighted by atomic mass is 10.1. The molecule has 1 saturated heterocycles. The summed E-state index contributed by atoms with van der Waals surface area (Å²) in [6, 6.07) is 17.7. The average molecular weight is 471 g/mol. The minimum absolute atomic E-state index is 0.0446. The maximum atomic E-state index is 13.7. The first-order chi connectivity index (χ1) is 16.1. The zero-order valence-corrected chi connectivity index (χ0v) is 20.6. The molecule has 1 heterocycles.